The van der Waals surface area contributed by atoms with E-state index in [4.69, 9.17) is 4.98 Å². The molecule has 0 amide bonds. The summed E-state index contributed by atoms with van der Waals surface area (Å²) in [5, 5.41) is 20.4. The molecule has 0 aromatic carbocycles. The third kappa shape index (κ3) is 4.77. The van der Waals surface area contributed by atoms with Crippen molar-refractivity contribution in [2.75, 3.05) is 23.7 Å². The number of carboxylic acid groups (broad SMARTS) is 1. The Bertz CT molecular complexity index is 1090. The standard InChI is InChI=1S/C23H29N7O2/c1-2-23(22(31)32,30-21-18-10-13-24-14-19(18)26-15-27-21)28-12-4-3-7-17-9-8-16-6-5-11-25-20(16)29-17/h8-10,13-15,28H,2-7,11-12H2,1H3,(H,25,29)(H,31,32)(H,26,27,30). The van der Waals surface area contributed by atoms with Gasteiger partial charge in [0.1, 0.15) is 18.0 Å². The lowest BCUT2D eigenvalue weighted by Gasteiger charge is -2.31. The Morgan fingerprint density at radius 3 is 3.00 bits per heavy atom. The lowest BCUT2D eigenvalue weighted by molar-refractivity contribution is -0.143. The highest BCUT2D eigenvalue weighted by Crippen LogP contribution is 2.23. The Balaban J connectivity index is 1.36. The van der Waals surface area contributed by atoms with E-state index in [1.165, 1.54) is 11.9 Å². The molecule has 3 aromatic heterocycles. The van der Waals surface area contributed by atoms with E-state index in [1.54, 1.807) is 18.5 Å². The highest BCUT2D eigenvalue weighted by molar-refractivity contribution is 5.91. The third-order valence-corrected chi connectivity index (χ3v) is 5.90. The summed E-state index contributed by atoms with van der Waals surface area (Å²) in [6, 6.07) is 6.05. The largest absolute Gasteiger partial charge is 0.478 e. The second-order valence-corrected chi connectivity index (χ2v) is 8.03. The number of aromatic nitrogens is 4. The van der Waals surface area contributed by atoms with Gasteiger partial charge in [-0.2, -0.15) is 0 Å². The molecule has 1 atom stereocenters. The van der Waals surface area contributed by atoms with E-state index in [0.29, 0.717) is 24.3 Å². The summed E-state index contributed by atoms with van der Waals surface area (Å²) in [7, 11) is 0. The molecule has 4 N–H and O–H groups in total. The topological polar surface area (TPSA) is 125 Å². The number of anilines is 2. The molecule has 0 fully saturated rings. The van der Waals surface area contributed by atoms with Gasteiger partial charge < -0.3 is 15.7 Å². The fraction of sp³-hybridized carbons (Fsp3) is 0.435. The molecule has 0 aliphatic carbocycles. The zero-order valence-corrected chi connectivity index (χ0v) is 18.3. The van der Waals surface area contributed by atoms with E-state index in [1.807, 2.05) is 6.92 Å². The molecule has 9 heteroatoms. The first kappa shape index (κ1) is 21.9. The number of pyridine rings is 2. The number of fused-ring (bicyclic) bond motifs is 2. The van der Waals surface area contributed by atoms with Crippen LogP contribution in [-0.2, 0) is 17.6 Å². The quantitative estimate of drug-likeness (QED) is 0.281. The van der Waals surface area contributed by atoms with Crippen molar-refractivity contribution in [2.24, 2.45) is 0 Å². The second kappa shape index (κ2) is 9.86. The maximum atomic E-state index is 12.2. The van der Waals surface area contributed by atoms with Crippen molar-refractivity contribution in [3.63, 3.8) is 0 Å². The van der Waals surface area contributed by atoms with E-state index in [9.17, 15) is 9.90 Å². The van der Waals surface area contributed by atoms with Crippen LogP contribution in [0, 0.1) is 0 Å². The van der Waals surface area contributed by atoms with Crippen molar-refractivity contribution < 1.29 is 9.90 Å². The van der Waals surface area contributed by atoms with Crippen molar-refractivity contribution in [3.05, 3.63) is 48.2 Å². The van der Waals surface area contributed by atoms with Gasteiger partial charge in [0.25, 0.3) is 0 Å². The van der Waals surface area contributed by atoms with E-state index in [2.05, 4.69) is 43.0 Å². The molecule has 0 bridgehead atoms. The predicted molar refractivity (Wildman–Crippen MR) is 124 cm³/mol. The fourth-order valence-electron chi connectivity index (χ4n) is 3.99. The Labute approximate surface area is 187 Å². The van der Waals surface area contributed by atoms with Gasteiger partial charge in [0.2, 0.25) is 0 Å². The zero-order chi connectivity index (χ0) is 22.4. The highest BCUT2D eigenvalue weighted by Gasteiger charge is 2.37. The molecule has 1 unspecified atom stereocenters. The number of nitrogens with zero attached hydrogens (tertiary/aromatic N) is 4. The normalized spacial score (nSPS) is 14.9. The molecule has 4 heterocycles. The number of hydrogen-bond acceptors (Lipinski definition) is 8. The lowest BCUT2D eigenvalue weighted by Crippen LogP contribution is -2.58. The minimum absolute atomic E-state index is 0.344. The third-order valence-electron chi connectivity index (χ3n) is 5.90. The van der Waals surface area contributed by atoms with Crippen LogP contribution in [0.15, 0.2) is 36.9 Å². The van der Waals surface area contributed by atoms with Crippen LogP contribution in [0.4, 0.5) is 11.6 Å². The summed E-state index contributed by atoms with van der Waals surface area (Å²) in [6.07, 6.45) is 9.87. The smallest absolute Gasteiger partial charge is 0.344 e. The summed E-state index contributed by atoms with van der Waals surface area (Å²) in [5.74, 6) is 0.516. The van der Waals surface area contributed by atoms with E-state index in [0.717, 1.165) is 55.5 Å². The number of aryl methyl sites for hydroxylation is 2. The molecule has 1 aliphatic rings. The van der Waals surface area contributed by atoms with Crippen LogP contribution in [-0.4, -0.2) is 49.8 Å². The molecule has 1 aliphatic heterocycles. The number of carboxylic acids is 1. The lowest BCUT2D eigenvalue weighted by atomic mass is 10.0. The van der Waals surface area contributed by atoms with E-state index >= 15 is 0 Å². The summed E-state index contributed by atoms with van der Waals surface area (Å²) in [4.78, 5) is 29.5. The molecule has 0 saturated heterocycles. The average molecular weight is 436 g/mol. The van der Waals surface area contributed by atoms with Crippen LogP contribution in [0.25, 0.3) is 10.9 Å². The molecule has 3 aromatic rings. The number of hydrogen-bond donors (Lipinski definition) is 4. The van der Waals surface area contributed by atoms with Gasteiger partial charge >= 0.3 is 5.97 Å². The monoisotopic (exact) mass is 435 g/mol. The van der Waals surface area contributed by atoms with Gasteiger partial charge in [-0.1, -0.05) is 13.0 Å². The van der Waals surface area contributed by atoms with E-state index in [-0.39, 0.29) is 0 Å². The van der Waals surface area contributed by atoms with Crippen LogP contribution < -0.4 is 16.0 Å². The Hall–Kier alpha value is -3.33. The Kier molecular flexibility index (Phi) is 6.75. The Morgan fingerprint density at radius 1 is 1.25 bits per heavy atom. The van der Waals surface area contributed by atoms with Gasteiger partial charge in [-0.15, -0.1) is 0 Å². The average Bonchev–Trinajstić information content (AvgIpc) is 2.83. The first-order chi connectivity index (χ1) is 15.6. The van der Waals surface area contributed by atoms with E-state index < -0.39 is 11.6 Å². The second-order valence-electron chi connectivity index (χ2n) is 8.03. The maximum absolute atomic E-state index is 12.2. The minimum atomic E-state index is -1.32. The molecule has 0 saturated carbocycles. The van der Waals surface area contributed by atoms with Crippen LogP contribution in [0.3, 0.4) is 0 Å². The van der Waals surface area contributed by atoms with Crippen molar-refractivity contribution in [1.82, 2.24) is 25.3 Å². The van der Waals surface area contributed by atoms with Crippen LogP contribution in [0.5, 0.6) is 0 Å². The summed E-state index contributed by atoms with van der Waals surface area (Å²) < 4.78 is 0. The minimum Gasteiger partial charge on any atom is -0.478 e. The number of aliphatic carboxylic acids is 1. The Morgan fingerprint density at radius 2 is 2.16 bits per heavy atom. The number of rotatable bonds is 10. The van der Waals surface area contributed by atoms with Gasteiger partial charge in [-0.05, 0) is 62.8 Å². The molecule has 0 spiro atoms. The molecule has 32 heavy (non-hydrogen) atoms. The first-order valence-electron chi connectivity index (χ1n) is 11.2. The predicted octanol–water partition coefficient (Wildman–Crippen LogP) is 2.99. The SMILES string of the molecule is CCC(NCCCCc1ccc2c(n1)NCCC2)(Nc1ncnc2cnccc12)C(=O)O. The summed E-state index contributed by atoms with van der Waals surface area (Å²) in [6.45, 7) is 3.37. The van der Waals surface area contributed by atoms with Crippen LogP contribution >= 0.6 is 0 Å². The van der Waals surface area contributed by atoms with Gasteiger partial charge in [-0.25, -0.2) is 19.7 Å². The van der Waals surface area contributed by atoms with Crippen molar-refractivity contribution in [1.29, 1.82) is 0 Å². The maximum Gasteiger partial charge on any atom is 0.344 e. The molecule has 0 radical (unpaired) electrons. The number of carbonyl (C=O) groups is 1. The fourth-order valence-corrected chi connectivity index (χ4v) is 3.99. The van der Waals surface area contributed by atoms with Crippen LogP contribution in [0.2, 0.25) is 0 Å². The van der Waals surface area contributed by atoms with Gasteiger partial charge in [-0.3, -0.25) is 10.3 Å². The molecule has 168 valence electrons. The van der Waals surface area contributed by atoms with Crippen molar-refractivity contribution in [3.8, 4) is 0 Å². The van der Waals surface area contributed by atoms with Gasteiger partial charge in [0.05, 0.1) is 11.7 Å². The molecule has 9 nitrogen and oxygen atoms in total. The molecular formula is C23H29N7O2. The van der Waals surface area contributed by atoms with Crippen molar-refractivity contribution >= 4 is 28.5 Å². The molecule has 4 rings (SSSR count). The number of unbranched alkanes of at least 4 members (excludes halogenated alkanes) is 1. The van der Waals surface area contributed by atoms with Crippen molar-refractivity contribution in [2.45, 2.75) is 51.1 Å². The molecular weight excluding hydrogens is 406 g/mol. The number of nitrogens with one attached hydrogen (secondary N) is 3. The van der Waals surface area contributed by atoms with Gasteiger partial charge in [0.15, 0.2) is 5.66 Å². The van der Waals surface area contributed by atoms with Gasteiger partial charge in [0, 0.05) is 23.8 Å². The zero-order valence-electron chi connectivity index (χ0n) is 18.3. The first-order valence-corrected chi connectivity index (χ1v) is 11.2. The summed E-state index contributed by atoms with van der Waals surface area (Å²) >= 11 is 0. The highest BCUT2D eigenvalue weighted by atomic mass is 16.4. The van der Waals surface area contributed by atoms with Crippen LogP contribution in [0.1, 0.15) is 43.9 Å². The summed E-state index contributed by atoms with van der Waals surface area (Å²) in [5.41, 5.74) is 1.69.